The summed E-state index contributed by atoms with van der Waals surface area (Å²) < 4.78 is 5.54. The van der Waals surface area contributed by atoms with Crippen LogP contribution in [0.15, 0.2) is 0 Å². The average Bonchev–Trinajstić information content (AvgIpc) is 2.92. The van der Waals surface area contributed by atoms with Crippen molar-refractivity contribution in [3.63, 3.8) is 0 Å². The van der Waals surface area contributed by atoms with Crippen molar-refractivity contribution in [3.8, 4) is 0 Å². The summed E-state index contributed by atoms with van der Waals surface area (Å²) in [5, 5.41) is 9.71. The smallest absolute Gasteiger partial charge is 0.307 e. The molecule has 0 aromatic rings. The highest BCUT2D eigenvalue weighted by atomic mass is 16.5. The lowest BCUT2D eigenvalue weighted by Crippen LogP contribution is -2.54. The third-order valence-electron chi connectivity index (χ3n) is 9.25. The van der Waals surface area contributed by atoms with E-state index >= 15 is 0 Å². The van der Waals surface area contributed by atoms with E-state index < -0.39 is 5.97 Å². The largest absolute Gasteiger partial charge is 0.481 e. The topological polar surface area (TPSA) is 63.6 Å². The first-order chi connectivity index (χ1) is 12.3. The van der Waals surface area contributed by atoms with Gasteiger partial charge in [0.2, 0.25) is 0 Å². The van der Waals surface area contributed by atoms with Crippen molar-refractivity contribution >= 4 is 11.9 Å². The Morgan fingerprint density at radius 3 is 2.31 bits per heavy atom. The van der Waals surface area contributed by atoms with E-state index in [9.17, 15) is 14.7 Å². The molecule has 146 valence electrons. The lowest BCUT2D eigenvalue weighted by Gasteiger charge is -2.60. The van der Waals surface area contributed by atoms with Crippen molar-refractivity contribution in [3.05, 3.63) is 0 Å². The number of ether oxygens (including phenoxy) is 1. The van der Waals surface area contributed by atoms with Gasteiger partial charge in [0.15, 0.2) is 0 Å². The molecule has 4 fully saturated rings. The van der Waals surface area contributed by atoms with Gasteiger partial charge in [0, 0.05) is 6.92 Å². The summed E-state index contributed by atoms with van der Waals surface area (Å²) in [6, 6.07) is 0. The van der Waals surface area contributed by atoms with E-state index in [0.717, 1.165) is 44.4 Å². The number of hydrogen-bond donors (Lipinski definition) is 1. The fourth-order valence-electron chi connectivity index (χ4n) is 7.97. The molecule has 4 aliphatic rings. The number of carboxylic acid groups (broad SMARTS) is 1. The molecule has 4 saturated carbocycles. The first kappa shape index (κ1) is 18.3. The third kappa shape index (κ3) is 2.62. The maximum Gasteiger partial charge on any atom is 0.307 e. The van der Waals surface area contributed by atoms with Crippen molar-refractivity contribution in [2.75, 3.05) is 0 Å². The van der Waals surface area contributed by atoms with Gasteiger partial charge in [-0.3, -0.25) is 9.59 Å². The van der Waals surface area contributed by atoms with Crippen LogP contribution in [0.25, 0.3) is 0 Å². The van der Waals surface area contributed by atoms with Crippen LogP contribution in [0.5, 0.6) is 0 Å². The zero-order valence-corrected chi connectivity index (χ0v) is 16.5. The van der Waals surface area contributed by atoms with Crippen LogP contribution in [0, 0.1) is 40.4 Å². The predicted octanol–water partition coefficient (Wildman–Crippen LogP) is 4.66. The molecule has 1 N–H and O–H groups in total. The fourth-order valence-corrected chi connectivity index (χ4v) is 7.97. The first-order valence-corrected chi connectivity index (χ1v) is 10.7. The molecule has 8 atom stereocenters. The standard InChI is InChI=1S/C22H34O4/c1-13(23)26-15-8-10-21(2)14(12-15)4-5-16-17-6-7-19(20(24)25)22(17,3)11-9-18(16)21/h14-19H,4-12H2,1-3H3,(H,24,25)/t14-,15+,16+,17-,18+,19-,21-,22-/m0/s1. The number of carboxylic acids is 1. The highest BCUT2D eigenvalue weighted by Crippen LogP contribution is 2.67. The Balaban J connectivity index is 1.54. The van der Waals surface area contributed by atoms with Gasteiger partial charge in [-0.15, -0.1) is 0 Å². The van der Waals surface area contributed by atoms with Crippen molar-refractivity contribution < 1.29 is 19.4 Å². The number of fused-ring (bicyclic) bond motifs is 5. The SMILES string of the molecule is CC(=O)O[C@@H]1CC[C@@]2(C)[C@@H](CC[C@H]3[C@H]2CC[C@]2(C)[C@H](C(=O)O)CC[C@@H]32)C1. The van der Waals surface area contributed by atoms with Gasteiger partial charge in [0.05, 0.1) is 5.92 Å². The second-order valence-electron chi connectivity index (χ2n) is 10.2. The van der Waals surface area contributed by atoms with Gasteiger partial charge in [-0.05, 0) is 92.3 Å². The lowest BCUT2D eigenvalue weighted by molar-refractivity contribution is -0.163. The van der Waals surface area contributed by atoms with E-state index in [1.165, 1.54) is 26.2 Å². The van der Waals surface area contributed by atoms with Crippen molar-refractivity contribution in [1.82, 2.24) is 0 Å². The van der Waals surface area contributed by atoms with Gasteiger partial charge < -0.3 is 9.84 Å². The molecule has 0 unspecified atom stereocenters. The summed E-state index contributed by atoms with van der Waals surface area (Å²) in [6.45, 7) is 6.28. The molecule has 0 saturated heterocycles. The molecule has 0 aromatic heterocycles. The maximum absolute atomic E-state index is 11.8. The molecule has 0 aliphatic heterocycles. The normalized spacial score (nSPS) is 50.3. The second kappa shape index (κ2) is 6.24. The molecular formula is C22H34O4. The summed E-state index contributed by atoms with van der Waals surface area (Å²) in [7, 11) is 0. The number of aliphatic carboxylic acids is 1. The van der Waals surface area contributed by atoms with Crippen molar-refractivity contribution in [2.45, 2.75) is 84.7 Å². The van der Waals surface area contributed by atoms with Crippen molar-refractivity contribution in [2.24, 2.45) is 40.4 Å². The molecule has 0 radical (unpaired) electrons. The van der Waals surface area contributed by atoms with Gasteiger partial charge in [-0.2, -0.15) is 0 Å². The van der Waals surface area contributed by atoms with Crippen LogP contribution in [0.3, 0.4) is 0 Å². The average molecular weight is 363 g/mol. The molecule has 4 heteroatoms. The minimum absolute atomic E-state index is 0.00510. The van der Waals surface area contributed by atoms with Gasteiger partial charge in [0.1, 0.15) is 6.10 Å². The molecular weight excluding hydrogens is 328 g/mol. The molecule has 26 heavy (non-hydrogen) atoms. The highest BCUT2D eigenvalue weighted by Gasteiger charge is 2.61. The zero-order valence-electron chi connectivity index (χ0n) is 16.5. The Labute approximate surface area is 157 Å². The summed E-state index contributed by atoms with van der Waals surface area (Å²) in [4.78, 5) is 23.2. The maximum atomic E-state index is 11.8. The minimum Gasteiger partial charge on any atom is -0.481 e. The van der Waals surface area contributed by atoms with Crippen LogP contribution in [0.1, 0.15) is 78.6 Å². The van der Waals surface area contributed by atoms with E-state index in [2.05, 4.69) is 13.8 Å². The van der Waals surface area contributed by atoms with E-state index in [1.807, 2.05) is 0 Å². The molecule has 0 heterocycles. The third-order valence-corrected chi connectivity index (χ3v) is 9.25. The summed E-state index contributed by atoms with van der Waals surface area (Å²) in [5.41, 5.74) is 0.355. The van der Waals surface area contributed by atoms with Gasteiger partial charge in [0.25, 0.3) is 0 Å². The molecule has 0 aromatic carbocycles. The quantitative estimate of drug-likeness (QED) is 0.726. The summed E-state index contributed by atoms with van der Waals surface area (Å²) in [6.07, 6.45) is 9.98. The Morgan fingerprint density at radius 1 is 0.923 bits per heavy atom. The summed E-state index contributed by atoms with van der Waals surface area (Å²) >= 11 is 0. The predicted molar refractivity (Wildman–Crippen MR) is 98.4 cm³/mol. The van der Waals surface area contributed by atoms with E-state index in [0.29, 0.717) is 23.2 Å². The van der Waals surface area contributed by atoms with E-state index in [4.69, 9.17) is 4.74 Å². The monoisotopic (exact) mass is 362 g/mol. The van der Waals surface area contributed by atoms with Crippen LogP contribution in [0.4, 0.5) is 0 Å². The van der Waals surface area contributed by atoms with Crippen molar-refractivity contribution in [1.29, 1.82) is 0 Å². The molecule has 4 nitrogen and oxygen atoms in total. The number of hydrogen-bond acceptors (Lipinski definition) is 3. The molecule has 0 amide bonds. The summed E-state index contributed by atoms with van der Waals surface area (Å²) in [5.74, 6) is 1.81. The van der Waals surface area contributed by atoms with Crippen LogP contribution in [-0.2, 0) is 14.3 Å². The number of carbonyl (C=O) groups is 2. The Kier molecular flexibility index (Phi) is 4.39. The molecule has 0 spiro atoms. The Hall–Kier alpha value is -1.06. The fraction of sp³-hybridized carbons (Fsp3) is 0.909. The lowest BCUT2D eigenvalue weighted by atomic mass is 9.44. The van der Waals surface area contributed by atoms with Crippen LogP contribution >= 0.6 is 0 Å². The van der Waals surface area contributed by atoms with E-state index in [-0.39, 0.29) is 23.4 Å². The number of carbonyl (C=O) groups excluding carboxylic acids is 1. The second-order valence-corrected chi connectivity index (χ2v) is 10.2. The molecule has 4 aliphatic carbocycles. The molecule has 4 rings (SSSR count). The Bertz CT molecular complexity index is 601. The van der Waals surface area contributed by atoms with Crippen LogP contribution in [0.2, 0.25) is 0 Å². The zero-order chi connectivity index (χ0) is 18.7. The van der Waals surface area contributed by atoms with E-state index in [1.54, 1.807) is 0 Å². The van der Waals surface area contributed by atoms with Gasteiger partial charge in [-0.25, -0.2) is 0 Å². The van der Waals surface area contributed by atoms with Gasteiger partial charge >= 0.3 is 11.9 Å². The number of esters is 1. The first-order valence-electron chi connectivity index (χ1n) is 10.7. The highest BCUT2D eigenvalue weighted by molar-refractivity contribution is 5.71. The molecule has 0 bridgehead atoms. The van der Waals surface area contributed by atoms with Gasteiger partial charge in [-0.1, -0.05) is 13.8 Å². The van der Waals surface area contributed by atoms with Crippen LogP contribution in [-0.4, -0.2) is 23.1 Å². The Morgan fingerprint density at radius 2 is 1.62 bits per heavy atom. The van der Waals surface area contributed by atoms with Crippen LogP contribution < -0.4 is 0 Å². The minimum atomic E-state index is -0.574. The number of rotatable bonds is 2.